The summed E-state index contributed by atoms with van der Waals surface area (Å²) in [7, 11) is 0. The molecule has 0 spiro atoms. The first-order chi connectivity index (χ1) is 17.8. The zero-order valence-corrected chi connectivity index (χ0v) is 24.0. The van der Waals surface area contributed by atoms with E-state index in [0.717, 1.165) is 17.5 Å². The molecular formula is C29H31Cl3N2O2S. The van der Waals surface area contributed by atoms with Gasteiger partial charge in [-0.1, -0.05) is 96.3 Å². The van der Waals surface area contributed by atoms with Gasteiger partial charge >= 0.3 is 0 Å². The van der Waals surface area contributed by atoms with E-state index in [1.807, 2.05) is 68.4 Å². The van der Waals surface area contributed by atoms with Crippen molar-refractivity contribution < 1.29 is 9.59 Å². The molecule has 8 heteroatoms. The van der Waals surface area contributed by atoms with Crippen LogP contribution >= 0.6 is 46.6 Å². The molecule has 4 nitrogen and oxygen atoms in total. The van der Waals surface area contributed by atoms with Crippen molar-refractivity contribution >= 4 is 58.4 Å². The minimum absolute atomic E-state index is 0.0266. The Kier molecular flexibility index (Phi) is 11.7. The van der Waals surface area contributed by atoms with Gasteiger partial charge in [-0.05, 0) is 42.7 Å². The Morgan fingerprint density at radius 1 is 0.892 bits per heavy atom. The van der Waals surface area contributed by atoms with E-state index in [1.165, 1.54) is 11.8 Å². The maximum absolute atomic E-state index is 13.7. The number of hydrogen-bond donors (Lipinski definition) is 1. The summed E-state index contributed by atoms with van der Waals surface area (Å²) in [6.45, 7) is 4.08. The predicted molar refractivity (Wildman–Crippen MR) is 156 cm³/mol. The highest BCUT2D eigenvalue weighted by Crippen LogP contribution is 2.28. The quantitative estimate of drug-likeness (QED) is 0.243. The number of thioether (sulfide) groups is 1. The van der Waals surface area contributed by atoms with Crippen LogP contribution in [0.5, 0.6) is 0 Å². The van der Waals surface area contributed by atoms with Crippen LogP contribution in [0, 0.1) is 0 Å². The van der Waals surface area contributed by atoms with Crippen molar-refractivity contribution in [2.24, 2.45) is 0 Å². The lowest BCUT2D eigenvalue weighted by atomic mass is 10.0. The number of rotatable bonds is 12. The average molecular weight is 578 g/mol. The minimum atomic E-state index is -0.739. The lowest BCUT2D eigenvalue weighted by Gasteiger charge is -2.32. The Morgan fingerprint density at radius 3 is 2.16 bits per heavy atom. The van der Waals surface area contributed by atoms with Gasteiger partial charge in [-0.15, -0.1) is 11.8 Å². The molecule has 3 aromatic carbocycles. The molecule has 37 heavy (non-hydrogen) atoms. The molecule has 0 unspecified atom stereocenters. The Bertz CT molecular complexity index is 1170. The molecule has 2 atom stereocenters. The maximum Gasteiger partial charge on any atom is 0.243 e. The molecule has 0 saturated heterocycles. The number of benzene rings is 3. The summed E-state index contributed by atoms with van der Waals surface area (Å²) in [4.78, 5) is 28.9. The van der Waals surface area contributed by atoms with Gasteiger partial charge in [-0.25, -0.2) is 0 Å². The molecule has 1 N–H and O–H groups in total. The van der Waals surface area contributed by atoms with Crippen molar-refractivity contribution in [2.45, 2.75) is 51.1 Å². The van der Waals surface area contributed by atoms with Crippen LogP contribution in [-0.2, 0) is 28.3 Å². The van der Waals surface area contributed by atoms with Crippen LogP contribution in [0.25, 0.3) is 0 Å². The van der Waals surface area contributed by atoms with E-state index < -0.39 is 6.04 Å². The van der Waals surface area contributed by atoms with Crippen LogP contribution in [-0.4, -0.2) is 34.6 Å². The highest BCUT2D eigenvalue weighted by molar-refractivity contribution is 7.99. The number of nitrogens with one attached hydrogen (secondary N) is 1. The van der Waals surface area contributed by atoms with E-state index in [2.05, 4.69) is 5.32 Å². The molecule has 0 aromatic heterocycles. The largest absolute Gasteiger partial charge is 0.352 e. The summed E-state index contributed by atoms with van der Waals surface area (Å²) < 4.78 is 0. The van der Waals surface area contributed by atoms with Gasteiger partial charge in [-0.2, -0.15) is 0 Å². The van der Waals surface area contributed by atoms with Gasteiger partial charge in [-0.3, -0.25) is 9.59 Å². The van der Waals surface area contributed by atoms with Gasteiger partial charge in [0.05, 0.1) is 5.75 Å². The zero-order valence-electron chi connectivity index (χ0n) is 20.9. The van der Waals surface area contributed by atoms with Crippen molar-refractivity contribution in [3.05, 3.63) is 105 Å². The molecule has 0 fully saturated rings. The number of hydrogen-bond acceptors (Lipinski definition) is 3. The van der Waals surface area contributed by atoms with Gasteiger partial charge in [0.1, 0.15) is 6.04 Å². The van der Waals surface area contributed by atoms with Crippen LogP contribution < -0.4 is 5.32 Å². The molecule has 3 aromatic rings. The van der Waals surface area contributed by atoms with Crippen molar-refractivity contribution in [2.75, 3.05) is 5.75 Å². The van der Waals surface area contributed by atoms with Gasteiger partial charge in [0.15, 0.2) is 0 Å². The van der Waals surface area contributed by atoms with Gasteiger partial charge in [0.25, 0.3) is 0 Å². The SMILES string of the molecule is CC[C@H](C)NC(=O)[C@@H](Cc1ccccc1)N(Cc1c(Cl)cccc1Cl)C(=O)CSCc1ccccc1Cl. The van der Waals surface area contributed by atoms with Crippen LogP contribution in [0.4, 0.5) is 0 Å². The standard InChI is InChI=1S/C29H31Cl3N2O2S/c1-3-20(2)33-29(36)27(16-21-10-5-4-6-11-21)34(17-23-25(31)14-9-15-26(23)32)28(35)19-37-18-22-12-7-8-13-24(22)30/h4-15,20,27H,3,16-19H2,1-2H3,(H,33,36)/t20-,27+/m0/s1. The van der Waals surface area contributed by atoms with E-state index in [4.69, 9.17) is 34.8 Å². The third-order valence-corrected chi connectivity index (χ3v) is 8.15. The van der Waals surface area contributed by atoms with E-state index in [-0.39, 0.29) is 30.2 Å². The lowest BCUT2D eigenvalue weighted by Crippen LogP contribution is -2.52. The number of nitrogens with zero attached hydrogens (tertiary/aromatic N) is 1. The molecule has 2 amide bonds. The van der Waals surface area contributed by atoms with Crippen molar-refractivity contribution in [3.63, 3.8) is 0 Å². The number of carbonyl (C=O) groups excluding carboxylic acids is 2. The predicted octanol–water partition coefficient (Wildman–Crippen LogP) is 7.43. The molecule has 0 aliphatic heterocycles. The first-order valence-electron chi connectivity index (χ1n) is 12.2. The zero-order chi connectivity index (χ0) is 26.8. The summed E-state index contributed by atoms with van der Waals surface area (Å²) in [5.41, 5.74) is 2.53. The monoisotopic (exact) mass is 576 g/mol. The minimum Gasteiger partial charge on any atom is -0.352 e. The third kappa shape index (κ3) is 8.68. The second kappa shape index (κ2) is 14.7. The van der Waals surface area contributed by atoms with Crippen molar-refractivity contribution in [1.82, 2.24) is 10.2 Å². The van der Waals surface area contributed by atoms with Gasteiger partial charge in [0, 0.05) is 45.4 Å². The normalized spacial score (nSPS) is 12.6. The lowest BCUT2D eigenvalue weighted by molar-refractivity contribution is -0.139. The number of halogens is 3. The molecule has 0 bridgehead atoms. The first-order valence-corrected chi connectivity index (χ1v) is 14.5. The smallest absolute Gasteiger partial charge is 0.243 e. The summed E-state index contributed by atoms with van der Waals surface area (Å²) in [5.74, 6) is 0.378. The third-order valence-electron chi connectivity index (χ3n) is 6.10. The fourth-order valence-electron chi connectivity index (χ4n) is 3.80. The highest BCUT2D eigenvalue weighted by atomic mass is 35.5. The van der Waals surface area contributed by atoms with E-state index >= 15 is 0 Å². The van der Waals surface area contributed by atoms with Crippen LogP contribution in [0.15, 0.2) is 72.8 Å². The first kappa shape index (κ1) is 29.4. The molecule has 0 saturated carbocycles. The second-order valence-electron chi connectivity index (χ2n) is 8.83. The molecule has 196 valence electrons. The van der Waals surface area contributed by atoms with E-state index in [1.54, 1.807) is 23.1 Å². The van der Waals surface area contributed by atoms with E-state index in [9.17, 15) is 9.59 Å². The summed E-state index contributed by atoms with van der Waals surface area (Å²) in [6, 6.07) is 21.7. The van der Waals surface area contributed by atoms with Crippen molar-refractivity contribution in [1.29, 1.82) is 0 Å². The fourth-order valence-corrected chi connectivity index (χ4v) is 5.51. The summed E-state index contributed by atoms with van der Waals surface area (Å²) in [6.07, 6.45) is 1.15. The Hall–Kier alpha value is -2.18. The number of carbonyl (C=O) groups is 2. The Morgan fingerprint density at radius 2 is 1.51 bits per heavy atom. The van der Waals surface area contributed by atoms with Crippen LogP contribution in [0.3, 0.4) is 0 Å². The van der Waals surface area contributed by atoms with Crippen LogP contribution in [0.2, 0.25) is 15.1 Å². The topological polar surface area (TPSA) is 49.4 Å². The van der Waals surface area contributed by atoms with Gasteiger partial charge < -0.3 is 10.2 Å². The molecule has 3 rings (SSSR count). The van der Waals surface area contributed by atoms with Crippen LogP contribution in [0.1, 0.15) is 37.0 Å². The molecule has 0 heterocycles. The Labute approximate surface area is 238 Å². The molecular weight excluding hydrogens is 547 g/mol. The second-order valence-corrected chi connectivity index (χ2v) is 11.0. The van der Waals surface area contributed by atoms with Crippen molar-refractivity contribution in [3.8, 4) is 0 Å². The molecule has 0 aliphatic carbocycles. The average Bonchev–Trinajstić information content (AvgIpc) is 2.89. The Balaban J connectivity index is 1.91. The maximum atomic E-state index is 13.7. The van der Waals surface area contributed by atoms with Gasteiger partial charge in [0.2, 0.25) is 11.8 Å². The van der Waals surface area contributed by atoms with E-state index in [0.29, 0.717) is 32.8 Å². The fraction of sp³-hybridized carbons (Fsp3) is 0.310. The summed E-state index contributed by atoms with van der Waals surface area (Å²) in [5, 5.41) is 4.64. The summed E-state index contributed by atoms with van der Waals surface area (Å²) >= 11 is 20.7. The molecule has 0 radical (unpaired) electrons. The molecule has 0 aliphatic rings. The highest BCUT2D eigenvalue weighted by Gasteiger charge is 2.31. The number of amides is 2.